The van der Waals surface area contributed by atoms with Gasteiger partial charge in [-0.25, -0.2) is 4.98 Å². The number of amides is 1. The van der Waals surface area contributed by atoms with Crippen LogP contribution in [0.25, 0.3) is 11.1 Å². The topological polar surface area (TPSA) is 108 Å². The van der Waals surface area contributed by atoms with Gasteiger partial charge in [-0.3, -0.25) is 19.7 Å². The molecule has 6 rings (SSSR count). The van der Waals surface area contributed by atoms with Crippen LogP contribution in [-0.4, -0.2) is 49.6 Å². The van der Waals surface area contributed by atoms with E-state index in [1.54, 1.807) is 0 Å². The molecule has 4 heterocycles. The number of carbonyl (C=O) groups is 1. The van der Waals surface area contributed by atoms with E-state index in [0.29, 0.717) is 37.2 Å². The number of benzene rings is 1. The highest BCUT2D eigenvalue weighted by molar-refractivity contribution is 6.01. The first-order valence-electron chi connectivity index (χ1n) is 13.0. The molecule has 1 amide bonds. The lowest BCUT2D eigenvalue weighted by Crippen LogP contribution is -2.57. The lowest BCUT2D eigenvalue weighted by Gasteiger charge is -2.43. The third-order valence-electron chi connectivity index (χ3n) is 7.95. The quantitative estimate of drug-likeness (QED) is 0.502. The van der Waals surface area contributed by atoms with Gasteiger partial charge < -0.3 is 10.4 Å². The first-order valence-corrected chi connectivity index (χ1v) is 13.0. The Morgan fingerprint density at radius 1 is 1.14 bits per heavy atom. The van der Waals surface area contributed by atoms with E-state index in [2.05, 4.69) is 52.9 Å². The smallest absolute Gasteiger partial charge is 0.239 e. The summed E-state index contributed by atoms with van der Waals surface area (Å²) in [4.78, 5) is 25.1. The zero-order valence-electron chi connectivity index (χ0n) is 20.8. The van der Waals surface area contributed by atoms with Crippen LogP contribution in [0.3, 0.4) is 0 Å². The number of rotatable bonds is 5. The molecule has 9 heteroatoms. The Labute approximate surface area is 210 Å². The van der Waals surface area contributed by atoms with E-state index in [4.69, 9.17) is 4.98 Å². The second-order valence-corrected chi connectivity index (χ2v) is 10.6. The van der Waals surface area contributed by atoms with Crippen LogP contribution in [0.4, 0.5) is 17.5 Å². The number of fused-ring (bicyclic) bond motifs is 1. The maximum atomic E-state index is 13.8. The van der Waals surface area contributed by atoms with Crippen molar-refractivity contribution >= 4 is 23.4 Å². The highest BCUT2D eigenvalue weighted by Gasteiger charge is 2.55. The van der Waals surface area contributed by atoms with Gasteiger partial charge in [-0.1, -0.05) is 25.0 Å². The Bertz CT molecular complexity index is 1270. The zero-order chi connectivity index (χ0) is 24.9. The molecule has 0 bridgehead atoms. The Hall–Kier alpha value is -3.30. The molecule has 0 radical (unpaired) electrons. The molecule has 2 aromatic heterocycles. The number of aliphatic hydroxyl groups excluding tert-OH is 1. The fraction of sp³-hybridized carbons (Fsp3) is 0.481. The van der Waals surface area contributed by atoms with Crippen molar-refractivity contribution in [1.82, 2.24) is 25.1 Å². The van der Waals surface area contributed by atoms with E-state index >= 15 is 0 Å². The Balaban J connectivity index is 1.27. The molecule has 1 aliphatic carbocycles. The molecule has 1 saturated heterocycles. The molecule has 2 fully saturated rings. The number of aliphatic hydroxyl groups is 1. The summed E-state index contributed by atoms with van der Waals surface area (Å²) in [6.45, 7) is 4.85. The number of carbonyl (C=O) groups excluding carboxylic acids is 1. The van der Waals surface area contributed by atoms with Crippen molar-refractivity contribution in [2.45, 2.75) is 70.7 Å². The second-order valence-electron chi connectivity index (χ2n) is 10.6. The van der Waals surface area contributed by atoms with Crippen LogP contribution >= 0.6 is 0 Å². The van der Waals surface area contributed by atoms with Crippen LogP contribution in [0.1, 0.15) is 57.6 Å². The highest BCUT2D eigenvalue weighted by atomic mass is 16.3. The fourth-order valence-corrected chi connectivity index (χ4v) is 5.86. The van der Waals surface area contributed by atoms with Gasteiger partial charge in [0.1, 0.15) is 12.0 Å². The summed E-state index contributed by atoms with van der Waals surface area (Å²) >= 11 is 0. The average Bonchev–Trinajstić information content (AvgIpc) is 3.64. The number of nitrogens with one attached hydrogen (secondary N) is 2. The minimum atomic E-state index is -0.842. The van der Waals surface area contributed by atoms with E-state index in [-0.39, 0.29) is 11.9 Å². The van der Waals surface area contributed by atoms with Gasteiger partial charge in [0.15, 0.2) is 0 Å². The third-order valence-corrected chi connectivity index (χ3v) is 7.95. The monoisotopic (exact) mass is 487 g/mol. The lowest BCUT2D eigenvalue weighted by molar-refractivity contribution is -0.135. The van der Waals surface area contributed by atoms with E-state index in [1.165, 1.54) is 0 Å². The van der Waals surface area contributed by atoms with Crippen LogP contribution < -0.4 is 15.5 Å². The summed E-state index contributed by atoms with van der Waals surface area (Å²) in [5.41, 5.74) is 3.13. The van der Waals surface area contributed by atoms with E-state index in [9.17, 15) is 9.90 Å². The standard InChI is InChI=1S/C27H33N7O2/c1-17(2)33-16-20(15-30-33)18-7-9-21(10-8-18)31-26-29-14-19-13-27(11-12-28-24(27)35)25(36)34(23(19)32-26)22-5-3-4-6-22/h7-10,14-17,22,24,28,35H,3-6,11-13H2,1-2H3,(H,29,31,32)/t24?,27-/m1/s1. The predicted octanol–water partition coefficient (Wildman–Crippen LogP) is 3.79. The number of aromatic nitrogens is 4. The average molecular weight is 488 g/mol. The zero-order valence-corrected chi connectivity index (χ0v) is 20.8. The molecule has 9 nitrogen and oxygen atoms in total. The largest absolute Gasteiger partial charge is 0.377 e. The minimum Gasteiger partial charge on any atom is -0.377 e. The molecule has 2 atom stereocenters. The second kappa shape index (κ2) is 8.97. The van der Waals surface area contributed by atoms with Crippen LogP contribution in [0, 0.1) is 5.41 Å². The summed E-state index contributed by atoms with van der Waals surface area (Å²) in [7, 11) is 0. The van der Waals surface area contributed by atoms with Crippen molar-refractivity contribution < 1.29 is 9.90 Å². The van der Waals surface area contributed by atoms with Gasteiger partial charge >= 0.3 is 0 Å². The van der Waals surface area contributed by atoms with E-state index in [0.717, 1.165) is 48.1 Å². The number of hydrogen-bond donors (Lipinski definition) is 3. The van der Waals surface area contributed by atoms with Gasteiger partial charge in [0.25, 0.3) is 0 Å². The van der Waals surface area contributed by atoms with Crippen molar-refractivity contribution in [2.24, 2.45) is 5.41 Å². The molecule has 1 saturated carbocycles. The van der Waals surface area contributed by atoms with Gasteiger partial charge in [-0.15, -0.1) is 0 Å². The summed E-state index contributed by atoms with van der Waals surface area (Å²) in [5.74, 6) is 1.15. The molecule has 1 aromatic carbocycles. The van der Waals surface area contributed by atoms with Gasteiger partial charge in [-0.05, 0) is 63.8 Å². The molecule has 3 N–H and O–H groups in total. The molecule has 2 aliphatic heterocycles. The Morgan fingerprint density at radius 3 is 2.58 bits per heavy atom. The van der Waals surface area contributed by atoms with Crippen molar-refractivity contribution in [2.75, 3.05) is 16.8 Å². The van der Waals surface area contributed by atoms with Gasteiger partial charge in [0.2, 0.25) is 11.9 Å². The summed E-state index contributed by atoms with van der Waals surface area (Å²) in [6.07, 6.45) is 10.1. The van der Waals surface area contributed by atoms with Crippen LogP contribution in [0.5, 0.6) is 0 Å². The maximum Gasteiger partial charge on any atom is 0.239 e. The van der Waals surface area contributed by atoms with E-state index < -0.39 is 11.6 Å². The Morgan fingerprint density at radius 2 is 1.92 bits per heavy atom. The van der Waals surface area contributed by atoms with Gasteiger partial charge in [0, 0.05) is 41.3 Å². The third kappa shape index (κ3) is 3.87. The van der Waals surface area contributed by atoms with Gasteiger partial charge in [0.05, 0.1) is 11.6 Å². The number of anilines is 3. The molecule has 1 spiro atoms. The van der Waals surface area contributed by atoms with Crippen molar-refractivity contribution in [3.8, 4) is 11.1 Å². The molecular formula is C27H33N7O2. The van der Waals surface area contributed by atoms with Crippen LogP contribution in [0.15, 0.2) is 42.9 Å². The maximum absolute atomic E-state index is 13.8. The van der Waals surface area contributed by atoms with Crippen LogP contribution in [-0.2, 0) is 11.2 Å². The lowest BCUT2D eigenvalue weighted by atomic mass is 9.75. The van der Waals surface area contributed by atoms with Crippen LogP contribution in [0.2, 0.25) is 0 Å². The fourth-order valence-electron chi connectivity index (χ4n) is 5.86. The molecule has 3 aromatic rings. The summed E-state index contributed by atoms with van der Waals surface area (Å²) < 4.78 is 1.95. The Kier molecular flexibility index (Phi) is 5.76. The molecule has 36 heavy (non-hydrogen) atoms. The molecule has 188 valence electrons. The molecule has 1 unspecified atom stereocenters. The normalized spacial score (nSPS) is 24.2. The van der Waals surface area contributed by atoms with Crippen molar-refractivity contribution in [3.05, 3.63) is 48.4 Å². The SMILES string of the molecule is CC(C)n1cc(-c2ccc(Nc3ncc4c(n3)N(C3CCCC3)C(=O)[C@]3(CCNC3O)C4)cc2)cn1. The van der Waals surface area contributed by atoms with E-state index in [1.807, 2.05) is 34.1 Å². The summed E-state index contributed by atoms with van der Waals surface area (Å²) in [5, 5.41) is 21.5. The molecular weight excluding hydrogens is 454 g/mol. The van der Waals surface area contributed by atoms with Crippen molar-refractivity contribution in [1.29, 1.82) is 0 Å². The number of hydrogen-bond acceptors (Lipinski definition) is 7. The first kappa shape index (κ1) is 23.1. The van der Waals surface area contributed by atoms with Gasteiger partial charge in [-0.2, -0.15) is 10.1 Å². The first-order chi connectivity index (χ1) is 17.4. The molecule has 3 aliphatic rings. The predicted molar refractivity (Wildman–Crippen MR) is 138 cm³/mol. The van der Waals surface area contributed by atoms with Crippen molar-refractivity contribution in [3.63, 3.8) is 0 Å². The number of nitrogens with zero attached hydrogens (tertiary/aromatic N) is 5. The summed E-state index contributed by atoms with van der Waals surface area (Å²) in [6, 6.07) is 8.54. The highest BCUT2D eigenvalue weighted by Crippen LogP contribution is 2.45. The minimum absolute atomic E-state index is 0.00431.